The molecule has 0 aliphatic heterocycles. The molecule has 0 saturated heterocycles. The predicted molar refractivity (Wildman–Crippen MR) is 55.3 cm³/mol. The van der Waals surface area contributed by atoms with Gasteiger partial charge in [-0.05, 0) is 23.9 Å². The van der Waals surface area contributed by atoms with Gasteiger partial charge in [0, 0.05) is 5.39 Å². The van der Waals surface area contributed by atoms with Crippen LogP contribution in [0.25, 0.3) is 10.8 Å². The van der Waals surface area contributed by atoms with Gasteiger partial charge in [0.05, 0.1) is 0 Å². The predicted octanol–water partition coefficient (Wildman–Crippen LogP) is 3.75. The van der Waals surface area contributed by atoms with Crippen molar-refractivity contribution in [3.05, 3.63) is 42.0 Å². The number of rotatable bonds is 2. The molecule has 15 heavy (non-hydrogen) atoms. The minimum atomic E-state index is -2.78. The van der Waals surface area contributed by atoms with Gasteiger partial charge in [0.2, 0.25) is 0 Å². The van der Waals surface area contributed by atoms with E-state index in [1.54, 1.807) is 24.3 Å². The summed E-state index contributed by atoms with van der Waals surface area (Å²) < 4.78 is 28.7. The van der Waals surface area contributed by atoms with Crippen molar-refractivity contribution in [1.82, 2.24) is 0 Å². The molecule has 0 aromatic heterocycles. The third-order valence-corrected chi connectivity index (χ3v) is 2.32. The van der Waals surface area contributed by atoms with Crippen LogP contribution in [0.5, 0.6) is 5.75 Å². The molecule has 1 nitrogen and oxygen atoms in total. The van der Waals surface area contributed by atoms with Crippen LogP contribution in [0.15, 0.2) is 36.4 Å². The summed E-state index contributed by atoms with van der Waals surface area (Å²) in [7, 11) is 0. The van der Waals surface area contributed by atoms with Crippen LogP contribution >= 0.6 is 0 Å². The van der Waals surface area contributed by atoms with Gasteiger partial charge < -0.3 is 4.74 Å². The van der Waals surface area contributed by atoms with Gasteiger partial charge in [-0.1, -0.05) is 30.3 Å². The molecule has 0 aliphatic carbocycles. The van der Waals surface area contributed by atoms with Gasteiger partial charge in [-0.2, -0.15) is 8.78 Å². The first kappa shape index (κ1) is 9.90. The summed E-state index contributed by atoms with van der Waals surface area (Å²) in [5, 5.41) is 1.66. The quantitative estimate of drug-likeness (QED) is 0.730. The smallest absolute Gasteiger partial charge is 0.387 e. The number of hydrogen-bond donors (Lipinski definition) is 0. The fraction of sp³-hybridized carbons (Fsp3) is 0.167. The normalized spacial score (nSPS) is 10.9. The number of hydrogen-bond acceptors (Lipinski definition) is 1. The summed E-state index contributed by atoms with van der Waals surface area (Å²) >= 11 is 0. The largest absolute Gasteiger partial charge is 0.434 e. The number of halogens is 2. The van der Waals surface area contributed by atoms with Crippen molar-refractivity contribution in [2.75, 3.05) is 0 Å². The second kappa shape index (κ2) is 3.85. The third kappa shape index (κ3) is 1.91. The van der Waals surface area contributed by atoms with Crippen molar-refractivity contribution in [2.45, 2.75) is 13.5 Å². The van der Waals surface area contributed by atoms with Crippen LogP contribution < -0.4 is 4.74 Å². The lowest BCUT2D eigenvalue weighted by atomic mass is 10.1. The Kier molecular flexibility index (Phi) is 2.54. The van der Waals surface area contributed by atoms with Crippen molar-refractivity contribution in [1.29, 1.82) is 0 Å². The fourth-order valence-corrected chi connectivity index (χ4v) is 1.62. The highest BCUT2D eigenvalue weighted by Gasteiger charge is 2.08. The van der Waals surface area contributed by atoms with Crippen molar-refractivity contribution < 1.29 is 13.5 Å². The second-order valence-electron chi connectivity index (χ2n) is 3.30. The molecule has 0 saturated carbocycles. The zero-order valence-corrected chi connectivity index (χ0v) is 8.21. The van der Waals surface area contributed by atoms with E-state index >= 15 is 0 Å². The lowest BCUT2D eigenvalue weighted by molar-refractivity contribution is -0.0488. The number of fused-ring (bicyclic) bond motifs is 1. The minimum Gasteiger partial charge on any atom is -0.434 e. The van der Waals surface area contributed by atoms with Crippen molar-refractivity contribution in [2.24, 2.45) is 0 Å². The maximum atomic E-state index is 12.1. The number of alkyl halides is 2. The molecule has 2 aromatic carbocycles. The third-order valence-electron chi connectivity index (χ3n) is 2.32. The summed E-state index contributed by atoms with van der Waals surface area (Å²) in [5.41, 5.74) is 1.05. The Labute approximate surface area is 86.3 Å². The monoisotopic (exact) mass is 208 g/mol. The summed E-state index contributed by atoms with van der Waals surface area (Å²) in [6.07, 6.45) is 0. The molecule has 0 amide bonds. The summed E-state index contributed by atoms with van der Waals surface area (Å²) in [6.45, 7) is -0.842. The van der Waals surface area contributed by atoms with E-state index in [0.717, 1.165) is 16.3 Å². The van der Waals surface area contributed by atoms with E-state index in [9.17, 15) is 8.78 Å². The first-order chi connectivity index (χ1) is 7.18. The molecule has 0 radical (unpaired) electrons. The van der Waals surface area contributed by atoms with Crippen LogP contribution in [0, 0.1) is 6.92 Å². The molecule has 2 rings (SSSR count). The first-order valence-corrected chi connectivity index (χ1v) is 4.61. The van der Waals surface area contributed by atoms with E-state index in [0.29, 0.717) is 0 Å². The van der Waals surface area contributed by atoms with Gasteiger partial charge in [-0.3, -0.25) is 0 Å². The van der Waals surface area contributed by atoms with E-state index in [1.165, 1.54) is 0 Å². The molecule has 78 valence electrons. The van der Waals surface area contributed by atoms with Gasteiger partial charge >= 0.3 is 6.61 Å². The van der Waals surface area contributed by atoms with Crippen LogP contribution in [-0.4, -0.2) is 6.61 Å². The topological polar surface area (TPSA) is 9.23 Å². The standard InChI is InChI=1S/C12H10F2O/c1-8-6-7-11(15-12(13)14)10-5-3-2-4-9(8)10/h2-7,12H,1H3. The highest BCUT2D eigenvalue weighted by molar-refractivity contribution is 5.90. The zero-order chi connectivity index (χ0) is 10.8. The Balaban J connectivity index is 2.61. The average Bonchev–Trinajstić information content (AvgIpc) is 2.22. The Hall–Kier alpha value is -1.64. The van der Waals surface area contributed by atoms with Crippen molar-refractivity contribution in [3.8, 4) is 5.75 Å². The number of ether oxygens (including phenoxy) is 1. The number of aryl methyl sites for hydroxylation is 1. The SMILES string of the molecule is Cc1ccc(OC(F)F)c2ccccc12. The van der Waals surface area contributed by atoms with Crippen LogP contribution in [0.1, 0.15) is 5.56 Å². The van der Waals surface area contributed by atoms with E-state index in [4.69, 9.17) is 0 Å². The molecule has 0 spiro atoms. The van der Waals surface area contributed by atoms with E-state index in [2.05, 4.69) is 4.74 Å². The van der Waals surface area contributed by atoms with Crippen LogP contribution in [-0.2, 0) is 0 Å². The molecule has 0 fully saturated rings. The average molecular weight is 208 g/mol. The lowest BCUT2D eigenvalue weighted by Crippen LogP contribution is -2.02. The highest BCUT2D eigenvalue weighted by atomic mass is 19.3. The first-order valence-electron chi connectivity index (χ1n) is 4.61. The van der Waals surface area contributed by atoms with Gasteiger partial charge in [-0.15, -0.1) is 0 Å². The van der Waals surface area contributed by atoms with Crippen LogP contribution in [0.2, 0.25) is 0 Å². The molecule has 0 heterocycles. The van der Waals surface area contributed by atoms with Crippen molar-refractivity contribution >= 4 is 10.8 Å². The zero-order valence-electron chi connectivity index (χ0n) is 8.21. The van der Waals surface area contributed by atoms with Crippen LogP contribution in [0.3, 0.4) is 0 Å². The van der Waals surface area contributed by atoms with Gasteiger partial charge in [0.15, 0.2) is 0 Å². The van der Waals surface area contributed by atoms with Gasteiger partial charge in [-0.25, -0.2) is 0 Å². The molecule has 0 bridgehead atoms. The second-order valence-corrected chi connectivity index (χ2v) is 3.30. The summed E-state index contributed by atoms with van der Waals surface area (Å²) in [4.78, 5) is 0. The van der Waals surface area contributed by atoms with E-state index in [1.807, 2.05) is 19.1 Å². The molecular weight excluding hydrogens is 198 g/mol. The van der Waals surface area contributed by atoms with Gasteiger partial charge in [0.1, 0.15) is 5.75 Å². The Bertz CT molecular complexity index is 480. The van der Waals surface area contributed by atoms with Crippen LogP contribution in [0.4, 0.5) is 8.78 Å². The number of benzene rings is 2. The lowest BCUT2D eigenvalue weighted by Gasteiger charge is -2.09. The van der Waals surface area contributed by atoms with E-state index < -0.39 is 6.61 Å². The van der Waals surface area contributed by atoms with Crippen molar-refractivity contribution in [3.63, 3.8) is 0 Å². The van der Waals surface area contributed by atoms with E-state index in [-0.39, 0.29) is 5.75 Å². The Morgan fingerprint density at radius 1 is 1.00 bits per heavy atom. The molecule has 0 unspecified atom stereocenters. The Morgan fingerprint density at radius 2 is 1.67 bits per heavy atom. The highest BCUT2D eigenvalue weighted by Crippen LogP contribution is 2.28. The molecule has 0 aliphatic rings. The minimum absolute atomic E-state index is 0.228. The molecular formula is C12H10F2O. The summed E-state index contributed by atoms with van der Waals surface area (Å²) in [6, 6.07) is 10.7. The maximum absolute atomic E-state index is 12.1. The Morgan fingerprint density at radius 3 is 2.33 bits per heavy atom. The molecule has 0 N–H and O–H groups in total. The van der Waals surface area contributed by atoms with Gasteiger partial charge in [0.25, 0.3) is 0 Å². The molecule has 0 atom stereocenters. The maximum Gasteiger partial charge on any atom is 0.387 e. The fourth-order valence-electron chi connectivity index (χ4n) is 1.62. The summed E-state index contributed by atoms with van der Waals surface area (Å²) in [5.74, 6) is 0.228. The molecule has 2 aromatic rings. The molecule has 3 heteroatoms.